The normalized spacial score (nSPS) is 11.5. The Morgan fingerprint density at radius 2 is 2.14 bits per heavy atom. The molecule has 1 aromatic heterocycles. The van der Waals surface area contributed by atoms with E-state index in [9.17, 15) is 9.59 Å². The summed E-state index contributed by atoms with van der Waals surface area (Å²) in [4.78, 5) is 28.0. The fourth-order valence-corrected chi connectivity index (χ4v) is 2.77. The van der Waals surface area contributed by atoms with Gasteiger partial charge in [0.15, 0.2) is 4.80 Å². The number of hydrogen-bond acceptors (Lipinski definition) is 3. The molecule has 0 atom stereocenters. The first-order chi connectivity index (χ1) is 10.0. The van der Waals surface area contributed by atoms with Gasteiger partial charge in [-0.15, -0.1) is 11.3 Å². The Morgan fingerprint density at radius 3 is 2.81 bits per heavy atom. The van der Waals surface area contributed by atoms with Crippen LogP contribution >= 0.6 is 34.5 Å². The lowest BCUT2D eigenvalue weighted by atomic mass is 10.2. The molecule has 0 fully saturated rings. The number of benzene rings is 1. The zero-order chi connectivity index (χ0) is 15.4. The van der Waals surface area contributed by atoms with Crippen LogP contribution in [-0.4, -0.2) is 23.4 Å². The lowest BCUT2D eigenvalue weighted by molar-refractivity contribution is -0.121. The molecule has 0 saturated heterocycles. The monoisotopic (exact) mass is 343 g/mol. The van der Waals surface area contributed by atoms with Gasteiger partial charge in [0.2, 0.25) is 5.91 Å². The van der Waals surface area contributed by atoms with Crippen LogP contribution in [-0.2, 0) is 11.3 Å². The molecule has 0 saturated carbocycles. The molecule has 1 aromatic carbocycles. The molecular weight excluding hydrogens is 333 g/mol. The molecule has 1 heterocycles. The van der Waals surface area contributed by atoms with Crippen LogP contribution in [0.2, 0.25) is 10.0 Å². The van der Waals surface area contributed by atoms with Gasteiger partial charge in [-0.1, -0.05) is 23.2 Å². The summed E-state index contributed by atoms with van der Waals surface area (Å²) in [5, 5.41) is 4.95. The number of aromatic nitrogens is 1. The zero-order valence-electron chi connectivity index (χ0n) is 11.0. The van der Waals surface area contributed by atoms with Crippen molar-refractivity contribution in [3.63, 3.8) is 0 Å². The van der Waals surface area contributed by atoms with Gasteiger partial charge in [0, 0.05) is 23.6 Å². The summed E-state index contributed by atoms with van der Waals surface area (Å²) in [5.41, 5.74) is 0.265. The fourth-order valence-electron chi connectivity index (χ4n) is 1.55. The average Bonchev–Trinajstić information content (AvgIpc) is 2.85. The number of carbonyl (C=O) groups excluding carboxylic acids is 2. The van der Waals surface area contributed by atoms with Gasteiger partial charge in [-0.05, 0) is 18.2 Å². The highest BCUT2D eigenvalue weighted by Gasteiger charge is 2.10. The Balaban J connectivity index is 2.33. The Hall–Kier alpha value is -1.63. The van der Waals surface area contributed by atoms with E-state index >= 15 is 0 Å². The molecule has 2 rings (SSSR count). The molecule has 1 N–H and O–H groups in total. The van der Waals surface area contributed by atoms with Crippen molar-refractivity contribution < 1.29 is 9.59 Å². The molecule has 0 aliphatic carbocycles. The van der Waals surface area contributed by atoms with E-state index in [-0.39, 0.29) is 23.0 Å². The first-order valence-corrected chi connectivity index (χ1v) is 7.53. The first kappa shape index (κ1) is 15.8. The van der Waals surface area contributed by atoms with E-state index in [1.165, 1.54) is 23.5 Å². The van der Waals surface area contributed by atoms with Crippen LogP contribution in [0.15, 0.2) is 34.8 Å². The van der Waals surface area contributed by atoms with Gasteiger partial charge in [-0.3, -0.25) is 9.59 Å². The molecule has 110 valence electrons. The molecule has 0 spiro atoms. The van der Waals surface area contributed by atoms with Gasteiger partial charge in [-0.25, -0.2) is 0 Å². The van der Waals surface area contributed by atoms with Gasteiger partial charge in [0.05, 0.1) is 10.6 Å². The number of hydrogen-bond donors (Lipinski definition) is 1. The molecular formula is C13H11Cl2N3O2S. The van der Waals surface area contributed by atoms with Gasteiger partial charge >= 0.3 is 0 Å². The Morgan fingerprint density at radius 1 is 1.38 bits per heavy atom. The summed E-state index contributed by atoms with van der Waals surface area (Å²) in [6, 6.07) is 4.58. The maximum Gasteiger partial charge on any atom is 0.281 e. The van der Waals surface area contributed by atoms with Crippen LogP contribution in [0.25, 0.3) is 0 Å². The van der Waals surface area contributed by atoms with E-state index < -0.39 is 5.91 Å². The molecule has 2 aromatic rings. The topological polar surface area (TPSA) is 63.5 Å². The van der Waals surface area contributed by atoms with E-state index in [1.54, 1.807) is 29.3 Å². The number of thiazole rings is 1. The molecule has 0 aliphatic rings. The van der Waals surface area contributed by atoms with Crippen molar-refractivity contribution in [3.8, 4) is 0 Å². The van der Waals surface area contributed by atoms with Crippen molar-refractivity contribution >= 4 is 46.4 Å². The van der Waals surface area contributed by atoms with E-state index in [0.29, 0.717) is 9.82 Å². The standard InChI is InChI=1S/C13H11Cl2N3O2S/c1-16-11(19)7-18-4-5-21-13(18)17-12(20)9-3-2-8(14)6-10(9)15/h2-6H,7H2,1H3,(H,16,19). The highest BCUT2D eigenvalue weighted by molar-refractivity contribution is 7.07. The summed E-state index contributed by atoms with van der Waals surface area (Å²) in [6.07, 6.45) is 1.69. The van der Waals surface area contributed by atoms with Crippen molar-refractivity contribution in [1.29, 1.82) is 0 Å². The van der Waals surface area contributed by atoms with Gasteiger partial charge in [-0.2, -0.15) is 4.99 Å². The van der Waals surface area contributed by atoms with Gasteiger partial charge in [0.25, 0.3) is 5.91 Å². The van der Waals surface area contributed by atoms with Crippen molar-refractivity contribution in [2.45, 2.75) is 6.54 Å². The number of nitrogens with zero attached hydrogens (tertiary/aromatic N) is 2. The molecule has 0 unspecified atom stereocenters. The minimum atomic E-state index is -0.482. The maximum atomic E-state index is 12.2. The maximum absolute atomic E-state index is 12.2. The average molecular weight is 344 g/mol. The van der Waals surface area contributed by atoms with Gasteiger partial charge < -0.3 is 9.88 Å². The number of carbonyl (C=O) groups is 2. The molecule has 0 aliphatic heterocycles. The van der Waals surface area contributed by atoms with E-state index in [2.05, 4.69) is 10.3 Å². The SMILES string of the molecule is CNC(=O)Cn1ccsc1=NC(=O)c1ccc(Cl)cc1Cl. The lowest BCUT2D eigenvalue weighted by Crippen LogP contribution is -2.28. The van der Waals surface area contributed by atoms with E-state index in [1.807, 2.05) is 0 Å². The third kappa shape index (κ3) is 3.93. The van der Waals surface area contributed by atoms with Crippen molar-refractivity contribution in [2.75, 3.05) is 7.05 Å². The zero-order valence-corrected chi connectivity index (χ0v) is 13.3. The highest BCUT2D eigenvalue weighted by atomic mass is 35.5. The smallest absolute Gasteiger partial charge is 0.281 e. The fraction of sp³-hybridized carbons (Fsp3) is 0.154. The van der Waals surface area contributed by atoms with Crippen LogP contribution < -0.4 is 10.1 Å². The minimum Gasteiger partial charge on any atom is -0.358 e. The largest absolute Gasteiger partial charge is 0.358 e. The van der Waals surface area contributed by atoms with Crippen molar-refractivity contribution in [2.24, 2.45) is 4.99 Å². The molecule has 21 heavy (non-hydrogen) atoms. The predicted molar refractivity (Wildman–Crippen MR) is 82.7 cm³/mol. The van der Waals surface area contributed by atoms with Crippen molar-refractivity contribution in [3.05, 3.63) is 50.2 Å². The summed E-state index contributed by atoms with van der Waals surface area (Å²) < 4.78 is 1.59. The molecule has 0 bridgehead atoms. The quantitative estimate of drug-likeness (QED) is 0.929. The van der Waals surface area contributed by atoms with Gasteiger partial charge in [0.1, 0.15) is 6.54 Å². The van der Waals surface area contributed by atoms with Crippen LogP contribution in [0, 0.1) is 0 Å². The highest BCUT2D eigenvalue weighted by Crippen LogP contribution is 2.21. The van der Waals surface area contributed by atoms with Crippen LogP contribution in [0.5, 0.6) is 0 Å². The molecule has 0 radical (unpaired) electrons. The minimum absolute atomic E-state index is 0.0977. The third-order valence-corrected chi connectivity index (χ3v) is 3.95. The summed E-state index contributed by atoms with van der Waals surface area (Å²) in [7, 11) is 1.55. The number of halogens is 2. The Bertz CT molecular complexity index is 752. The predicted octanol–water partition coefficient (Wildman–Crippen LogP) is 2.34. The first-order valence-electron chi connectivity index (χ1n) is 5.90. The van der Waals surface area contributed by atoms with Crippen LogP contribution in [0.4, 0.5) is 0 Å². The van der Waals surface area contributed by atoms with Crippen LogP contribution in [0.3, 0.4) is 0 Å². The number of likely N-dealkylation sites (N-methyl/N-ethyl adjacent to an activating group) is 1. The Labute approximate surface area is 134 Å². The second kappa shape index (κ2) is 6.89. The second-order valence-corrected chi connectivity index (χ2v) is 5.74. The number of rotatable bonds is 3. The Kier molecular flexibility index (Phi) is 5.17. The number of amides is 2. The molecule has 2 amide bonds. The molecule has 5 nitrogen and oxygen atoms in total. The second-order valence-electron chi connectivity index (χ2n) is 4.03. The molecule has 8 heteroatoms. The van der Waals surface area contributed by atoms with Crippen molar-refractivity contribution in [1.82, 2.24) is 9.88 Å². The summed E-state index contributed by atoms with van der Waals surface area (Å²) in [5.74, 6) is -0.656. The lowest BCUT2D eigenvalue weighted by Gasteiger charge is -2.02. The van der Waals surface area contributed by atoms with E-state index in [4.69, 9.17) is 23.2 Å². The van der Waals surface area contributed by atoms with E-state index in [0.717, 1.165) is 0 Å². The number of nitrogens with one attached hydrogen (secondary N) is 1. The summed E-state index contributed by atoms with van der Waals surface area (Å²) in [6.45, 7) is 0.0977. The third-order valence-electron chi connectivity index (χ3n) is 2.61. The summed E-state index contributed by atoms with van der Waals surface area (Å²) >= 11 is 13.0. The van der Waals surface area contributed by atoms with Crippen LogP contribution in [0.1, 0.15) is 10.4 Å².